The highest BCUT2D eigenvalue weighted by molar-refractivity contribution is 7.91. The second kappa shape index (κ2) is 5.90. The van der Waals surface area contributed by atoms with Crippen LogP contribution in [-0.2, 0) is 30.0 Å². The third-order valence-corrected chi connectivity index (χ3v) is 7.62. The van der Waals surface area contributed by atoms with Gasteiger partial charge in [-0.2, -0.15) is 14.4 Å². The molecule has 25 heavy (non-hydrogen) atoms. The van der Waals surface area contributed by atoms with Crippen molar-refractivity contribution in [3.8, 4) is 11.6 Å². The van der Waals surface area contributed by atoms with E-state index in [0.29, 0.717) is 34.7 Å². The van der Waals surface area contributed by atoms with E-state index in [0.717, 1.165) is 22.6 Å². The number of aromatic nitrogens is 4. The molecule has 0 radical (unpaired) electrons. The van der Waals surface area contributed by atoms with Crippen molar-refractivity contribution in [2.45, 2.75) is 24.1 Å². The van der Waals surface area contributed by atoms with Gasteiger partial charge in [0, 0.05) is 37.8 Å². The molecule has 3 aromatic heterocycles. The number of hydrogen-bond donors (Lipinski definition) is 0. The molecule has 0 unspecified atom stereocenters. The highest BCUT2D eigenvalue weighted by atomic mass is 35.5. The van der Waals surface area contributed by atoms with Gasteiger partial charge in [-0.25, -0.2) is 8.42 Å². The molecule has 1 aliphatic heterocycles. The van der Waals surface area contributed by atoms with Gasteiger partial charge in [-0.3, -0.25) is 4.68 Å². The van der Waals surface area contributed by atoms with Crippen LogP contribution in [0.3, 0.4) is 0 Å². The number of halogens is 1. The van der Waals surface area contributed by atoms with E-state index in [-0.39, 0.29) is 10.8 Å². The number of aryl methyl sites for hydroxylation is 2. The minimum Gasteiger partial charge on any atom is -0.332 e. The summed E-state index contributed by atoms with van der Waals surface area (Å²) in [6.45, 7) is 2.31. The van der Waals surface area contributed by atoms with Gasteiger partial charge in [0.25, 0.3) is 15.9 Å². The molecular weight excluding hydrogens is 386 g/mol. The summed E-state index contributed by atoms with van der Waals surface area (Å²) < 4.78 is 34.8. The number of nitrogens with zero attached hydrogens (tertiary/aromatic N) is 5. The van der Waals surface area contributed by atoms with Gasteiger partial charge in [-0.05, 0) is 19.1 Å². The Bertz CT molecular complexity index is 1050. The van der Waals surface area contributed by atoms with Crippen LogP contribution in [0.4, 0.5) is 0 Å². The standard InChI is InChI=1S/C14H14ClN5O3S2/c1-8-16-14(23-18-8)13-9-7-20(6-5-10(9)19(2)17-13)25(21,22)12-4-3-11(15)24-12/h3-4H,5-7H2,1-2H3. The van der Waals surface area contributed by atoms with Gasteiger partial charge in [0.15, 0.2) is 11.5 Å². The minimum atomic E-state index is -3.60. The van der Waals surface area contributed by atoms with E-state index in [2.05, 4.69) is 15.2 Å². The topological polar surface area (TPSA) is 94.1 Å². The van der Waals surface area contributed by atoms with Crippen molar-refractivity contribution < 1.29 is 12.9 Å². The first-order chi connectivity index (χ1) is 11.9. The predicted molar refractivity (Wildman–Crippen MR) is 91.9 cm³/mol. The SMILES string of the molecule is Cc1noc(-c2nn(C)c3c2CN(S(=O)(=O)c2ccc(Cl)s2)CC3)n1. The summed E-state index contributed by atoms with van der Waals surface area (Å²) in [6.07, 6.45) is 0.560. The van der Waals surface area contributed by atoms with E-state index in [1.165, 1.54) is 10.4 Å². The van der Waals surface area contributed by atoms with Crippen molar-refractivity contribution in [2.24, 2.45) is 7.05 Å². The van der Waals surface area contributed by atoms with E-state index in [1.54, 1.807) is 17.7 Å². The first-order valence-electron chi connectivity index (χ1n) is 7.47. The third-order valence-electron chi connectivity index (χ3n) is 4.08. The number of sulfonamides is 1. The molecule has 132 valence electrons. The molecule has 0 aromatic carbocycles. The lowest BCUT2D eigenvalue weighted by Crippen LogP contribution is -2.36. The lowest BCUT2D eigenvalue weighted by Gasteiger charge is -2.26. The Labute approximate surface area is 153 Å². The van der Waals surface area contributed by atoms with Crippen molar-refractivity contribution in [1.29, 1.82) is 0 Å². The molecule has 0 fully saturated rings. The second-order valence-electron chi connectivity index (χ2n) is 5.69. The number of thiophene rings is 1. The van der Waals surface area contributed by atoms with Crippen molar-refractivity contribution in [3.05, 3.63) is 33.6 Å². The molecule has 4 heterocycles. The zero-order valence-corrected chi connectivity index (χ0v) is 15.8. The number of hydrogen-bond acceptors (Lipinski definition) is 7. The van der Waals surface area contributed by atoms with Gasteiger partial charge in [-0.1, -0.05) is 16.8 Å². The normalized spacial score (nSPS) is 15.5. The van der Waals surface area contributed by atoms with Crippen LogP contribution in [0.5, 0.6) is 0 Å². The zero-order valence-electron chi connectivity index (χ0n) is 13.4. The Morgan fingerprint density at radius 1 is 1.36 bits per heavy atom. The lowest BCUT2D eigenvalue weighted by atomic mass is 10.1. The van der Waals surface area contributed by atoms with Gasteiger partial charge < -0.3 is 4.52 Å². The van der Waals surface area contributed by atoms with Gasteiger partial charge in [0.1, 0.15) is 4.21 Å². The average Bonchev–Trinajstić information content (AvgIpc) is 3.27. The monoisotopic (exact) mass is 399 g/mol. The van der Waals surface area contributed by atoms with E-state index >= 15 is 0 Å². The molecule has 0 aliphatic carbocycles. The predicted octanol–water partition coefficient (Wildman–Crippen LogP) is 2.24. The minimum absolute atomic E-state index is 0.206. The maximum atomic E-state index is 12.9. The van der Waals surface area contributed by atoms with E-state index in [9.17, 15) is 8.42 Å². The molecule has 11 heteroatoms. The fraction of sp³-hybridized carbons (Fsp3) is 0.357. The van der Waals surface area contributed by atoms with Crippen molar-refractivity contribution >= 4 is 33.0 Å². The third kappa shape index (κ3) is 2.78. The van der Waals surface area contributed by atoms with Crippen molar-refractivity contribution in [3.63, 3.8) is 0 Å². The summed E-state index contributed by atoms with van der Waals surface area (Å²) in [5.41, 5.74) is 2.30. The molecule has 0 atom stereocenters. The van der Waals surface area contributed by atoms with Crippen LogP contribution in [0.1, 0.15) is 17.1 Å². The quantitative estimate of drug-likeness (QED) is 0.670. The first-order valence-corrected chi connectivity index (χ1v) is 10.1. The fourth-order valence-electron chi connectivity index (χ4n) is 2.90. The summed E-state index contributed by atoms with van der Waals surface area (Å²) in [6, 6.07) is 3.12. The van der Waals surface area contributed by atoms with Crippen molar-refractivity contribution in [1.82, 2.24) is 24.2 Å². The van der Waals surface area contributed by atoms with Crippen LogP contribution in [-0.4, -0.2) is 39.2 Å². The van der Waals surface area contributed by atoms with Gasteiger partial charge in [0.05, 0.1) is 4.34 Å². The molecule has 4 rings (SSSR count). The molecule has 0 N–H and O–H groups in total. The molecule has 1 aliphatic rings. The Morgan fingerprint density at radius 2 is 2.16 bits per heavy atom. The molecule has 0 spiro atoms. The molecule has 8 nitrogen and oxygen atoms in total. The Balaban J connectivity index is 1.74. The zero-order chi connectivity index (χ0) is 17.8. The molecule has 0 bridgehead atoms. The number of fused-ring (bicyclic) bond motifs is 1. The summed E-state index contributed by atoms with van der Waals surface area (Å²) in [7, 11) is -1.78. The molecule has 0 amide bonds. The molecule has 0 saturated heterocycles. The largest absolute Gasteiger partial charge is 0.332 e. The van der Waals surface area contributed by atoms with Gasteiger partial charge in [-0.15, -0.1) is 11.3 Å². The van der Waals surface area contributed by atoms with Crippen LogP contribution >= 0.6 is 22.9 Å². The Kier molecular flexibility index (Phi) is 3.95. The van der Waals surface area contributed by atoms with E-state index in [1.807, 2.05) is 7.05 Å². The van der Waals surface area contributed by atoms with Crippen LogP contribution in [0, 0.1) is 6.92 Å². The second-order valence-corrected chi connectivity index (χ2v) is 9.57. The summed E-state index contributed by atoms with van der Waals surface area (Å²) in [5.74, 6) is 0.802. The number of rotatable bonds is 3. The summed E-state index contributed by atoms with van der Waals surface area (Å²) in [5, 5.41) is 8.24. The summed E-state index contributed by atoms with van der Waals surface area (Å²) >= 11 is 6.94. The van der Waals surface area contributed by atoms with Crippen LogP contribution in [0.15, 0.2) is 20.9 Å². The highest BCUT2D eigenvalue weighted by Crippen LogP contribution is 2.34. The fourth-order valence-corrected chi connectivity index (χ4v) is 5.95. The summed E-state index contributed by atoms with van der Waals surface area (Å²) in [4.78, 5) is 4.21. The van der Waals surface area contributed by atoms with Crippen LogP contribution in [0.25, 0.3) is 11.6 Å². The lowest BCUT2D eigenvalue weighted by molar-refractivity contribution is 0.386. The Hall–Kier alpha value is -1.75. The van der Waals surface area contributed by atoms with Gasteiger partial charge >= 0.3 is 0 Å². The highest BCUT2D eigenvalue weighted by Gasteiger charge is 2.34. The van der Waals surface area contributed by atoms with Crippen molar-refractivity contribution in [2.75, 3.05) is 6.54 Å². The Morgan fingerprint density at radius 3 is 2.80 bits per heavy atom. The van der Waals surface area contributed by atoms with Crippen LogP contribution < -0.4 is 0 Å². The average molecular weight is 400 g/mol. The van der Waals surface area contributed by atoms with Crippen LogP contribution in [0.2, 0.25) is 4.34 Å². The van der Waals surface area contributed by atoms with Gasteiger partial charge in [0.2, 0.25) is 0 Å². The van der Waals surface area contributed by atoms with E-state index in [4.69, 9.17) is 16.1 Å². The maximum Gasteiger partial charge on any atom is 0.278 e. The first kappa shape index (κ1) is 16.7. The molecule has 3 aromatic rings. The van der Waals surface area contributed by atoms with E-state index < -0.39 is 10.0 Å². The molecular formula is C14H14ClN5O3S2. The maximum absolute atomic E-state index is 12.9. The smallest absolute Gasteiger partial charge is 0.278 e. The molecule has 0 saturated carbocycles.